The van der Waals surface area contributed by atoms with Crippen LogP contribution in [0.2, 0.25) is 0 Å². The molecule has 0 bridgehead atoms. The molecule has 9 heteroatoms. The van der Waals surface area contributed by atoms with E-state index in [1.165, 1.54) is 12.1 Å². The molecule has 1 aromatic heterocycles. The molecule has 0 unspecified atom stereocenters. The highest BCUT2D eigenvalue weighted by Crippen LogP contribution is 2.35. The van der Waals surface area contributed by atoms with Gasteiger partial charge in [-0.3, -0.25) is 9.79 Å². The van der Waals surface area contributed by atoms with Crippen LogP contribution in [0.25, 0.3) is 0 Å². The Kier molecular flexibility index (Phi) is 2.92. The maximum atomic E-state index is 10.8. The fourth-order valence-corrected chi connectivity index (χ4v) is 2.77. The van der Waals surface area contributed by atoms with Crippen LogP contribution in [0.1, 0.15) is 0 Å². The third kappa shape index (κ3) is 2.48. The fraction of sp³-hybridized carbons (Fsp3) is 0. The lowest BCUT2D eigenvalue weighted by atomic mass is 10.5. The summed E-state index contributed by atoms with van der Waals surface area (Å²) in [6, 6.07) is 3.50. The minimum absolute atomic E-state index is 0.258. The summed E-state index contributed by atoms with van der Waals surface area (Å²) >= 11 is 0. The molecule has 0 amide bonds. The Hall–Kier alpha value is -0.550. The van der Waals surface area contributed by atoms with Crippen LogP contribution in [0.15, 0.2) is 24.4 Å². The van der Waals surface area contributed by atoms with Crippen molar-refractivity contribution in [1.29, 1.82) is 0 Å². The highest BCUT2D eigenvalue weighted by atomic mass is 31.2. The van der Waals surface area contributed by atoms with E-state index in [9.17, 15) is 9.13 Å². The fourth-order valence-electron chi connectivity index (χ4n) is 0.876. The van der Waals surface area contributed by atoms with E-state index in [4.69, 9.17) is 19.6 Å². The Morgan fingerprint density at radius 2 is 1.64 bits per heavy atom. The van der Waals surface area contributed by atoms with Crippen molar-refractivity contribution in [3.63, 3.8) is 0 Å². The summed E-state index contributed by atoms with van der Waals surface area (Å²) in [5.74, 6) is 0. The summed E-state index contributed by atoms with van der Waals surface area (Å²) in [7, 11) is -9.41. The van der Waals surface area contributed by atoms with E-state index in [1.807, 2.05) is 0 Å². The molecule has 0 saturated heterocycles. The number of hydrogen-bond donors (Lipinski definition) is 4. The molecule has 0 atom stereocenters. The molecule has 0 aliphatic rings. The lowest BCUT2D eigenvalue weighted by Crippen LogP contribution is -2.45. The van der Waals surface area contributed by atoms with Gasteiger partial charge in [0.1, 0.15) is 0 Å². The van der Waals surface area contributed by atoms with E-state index < -0.39 is 20.8 Å². The van der Waals surface area contributed by atoms with E-state index in [2.05, 4.69) is 0 Å². The molecule has 0 spiro atoms. The number of rotatable bonds is 2. The van der Waals surface area contributed by atoms with Crippen LogP contribution in [0.4, 0.5) is 0 Å². The van der Waals surface area contributed by atoms with Crippen LogP contribution in [0.3, 0.4) is 0 Å². The van der Waals surface area contributed by atoms with Crippen LogP contribution in [0.5, 0.6) is 0 Å². The SMILES string of the molecule is O=P(O)(O)c1cccc[n+]1P(=O)(O)O. The Morgan fingerprint density at radius 1 is 1.07 bits per heavy atom. The lowest BCUT2D eigenvalue weighted by molar-refractivity contribution is -0.520. The molecule has 1 heterocycles. The van der Waals surface area contributed by atoms with E-state index in [0.717, 1.165) is 12.3 Å². The maximum absolute atomic E-state index is 10.8. The molecule has 1 rings (SSSR count). The van der Waals surface area contributed by atoms with Gasteiger partial charge in [-0.25, -0.2) is 4.57 Å². The van der Waals surface area contributed by atoms with Crippen LogP contribution >= 0.6 is 15.3 Å². The van der Waals surface area contributed by atoms with E-state index >= 15 is 0 Å². The van der Waals surface area contributed by atoms with Crippen LogP contribution in [-0.4, -0.2) is 19.6 Å². The van der Waals surface area contributed by atoms with Gasteiger partial charge in [-0.05, 0) is 6.07 Å². The summed E-state index contributed by atoms with van der Waals surface area (Å²) in [5, 5.41) is 0. The second-order valence-corrected chi connectivity index (χ2v) is 5.46. The molecule has 78 valence electrons. The molecule has 0 radical (unpaired) electrons. The van der Waals surface area contributed by atoms with Gasteiger partial charge < -0.3 is 9.79 Å². The smallest absolute Gasteiger partial charge is 0.317 e. The predicted octanol–water partition coefficient (Wildman–Crippen LogP) is -1.28. The highest BCUT2D eigenvalue weighted by molar-refractivity contribution is 7.60. The van der Waals surface area contributed by atoms with Crippen molar-refractivity contribution in [2.75, 3.05) is 0 Å². The van der Waals surface area contributed by atoms with Crippen molar-refractivity contribution < 1.29 is 33.0 Å². The molecule has 0 saturated carbocycles. The van der Waals surface area contributed by atoms with Gasteiger partial charge in [0, 0.05) is 12.1 Å². The first-order chi connectivity index (χ1) is 6.23. The number of pyridine rings is 1. The Morgan fingerprint density at radius 3 is 2.00 bits per heavy atom. The van der Waals surface area contributed by atoms with E-state index in [0.29, 0.717) is 0 Å². The third-order valence-corrected chi connectivity index (χ3v) is 3.43. The van der Waals surface area contributed by atoms with Crippen molar-refractivity contribution in [2.45, 2.75) is 0 Å². The van der Waals surface area contributed by atoms with E-state index in [1.54, 1.807) is 0 Å². The van der Waals surface area contributed by atoms with Crippen LogP contribution in [-0.2, 0) is 9.13 Å². The first kappa shape index (κ1) is 11.5. The first-order valence-corrected chi connectivity index (χ1v) is 6.54. The average Bonchev–Trinajstić information content (AvgIpc) is 2.01. The Bertz CT molecular complexity index is 393. The summed E-state index contributed by atoms with van der Waals surface area (Å²) in [6.07, 6.45) is 0.912. The monoisotopic (exact) mass is 240 g/mol. The molecular formula is C5H8NO6P2+. The van der Waals surface area contributed by atoms with Gasteiger partial charge in [0.2, 0.25) is 0 Å². The summed E-state index contributed by atoms with van der Waals surface area (Å²) in [4.78, 5) is 35.1. The van der Waals surface area contributed by atoms with Crippen molar-refractivity contribution in [3.05, 3.63) is 24.4 Å². The van der Waals surface area contributed by atoms with Gasteiger partial charge in [-0.15, -0.1) is 4.34 Å². The second-order valence-electron chi connectivity index (χ2n) is 2.46. The number of hydrogen-bond acceptors (Lipinski definition) is 2. The topological polar surface area (TPSA) is 119 Å². The Labute approximate surface area is 79.0 Å². The lowest BCUT2D eigenvalue weighted by Gasteiger charge is -2.04. The van der Waals surface area contributed by atoms with Gasteiger partial charge in [0.05, 0.1) is 0 Å². The molecule has 0 fully saturated rings. The number of nitrogens with zero attached hydrogens (tertiary/aromatic N) is 1. The highest BCUT2D eigenvalue weighted by Gasteiger charge is 2.38. The van der Waals surface area contributed by atoms with Crippen LogP contribution < -0.4 is 9.77 Å². The van der Waals surface area contributed by atoms with Crippen molar-refractivity contribution in [3.8, 4) is 0 Å². The van der Waals surface area contributed by atoms with Gasteiger partial charge >= 0.3 is 20.8 Å². The van der Waals surface area contributed by atoms with Gasteiger partial charge in [-0.2, -0.15) is 4.57 Å². The maximum Gasteiger partial charge on any atom is 0.608 e. The molecule has 7 nitrogen and oxygen atoms in total. The number of aromatic nitrogens is 1. The molecule has 4 N–H and O–H groups in total. The summed E-state index contributed by atoms with van der Waals surface area (Å²) < 4.78 is 21.9. The van der Waals surface area contributed by atoms with Crippen molar-refractivity contribution >= 4 is 20.8 Å². The minimum atomic E-state index is -4.73. The van der Waals surface area contributed by atoms with Gasteiger partial charge in [-0.1, -0.05) is 0 Å². The summed E-state index contributed by atoms with van der Waals surface area (Å²) in [5.41, 5.74) is -0.715. The second kappa shape index (κ2) is 3.55. The minimum Gasteiger partial charge on any atom is -0.317 e. The standard InChI is InChI=1S/C5H7NO6P2/c7-13(8,9)5-3-1-2-4-6(5)14(10,11)12/h1-4H,(H3-,7,8,9,10,11,12)/p+1. The molecule has 0 aromatic carbocycles. The predicted molar refractivity (Wildman–Crippen MR) is 45.8 cm³/mol. The molecule has 0 aliphatic carbocycles. The Balaban J connectivity index is 3.47. The zero-order valence-electron chi connectivity index (χ0n) is 6.76. The first-order valence-electron chi connectivity index (χ1n) is 3.36. The van der Waals surface area contributed by atoms with Crippen molar-refractivity contribution in [1.82, 2.24) is 0 Å². The molecular weight excluding hydrogens is 232 g/mol. The van der Waals surface area contributed by atoms with Crippen LogP contribution in [0, 0.1) is 0 Å². The van der Waals surface area contributed by atoms with E-state index in [-0.39, 0.29) is 4.34 Å². The molecule has 14 heavy (non-hydrogen) atoms. The summed E-state index contributed by atoms with van der Waals surface area (Å²) in [6.45, 7) is 0. The van der Waals surface area contributed by atoms with Crippen molar-refractivity contribution in [2.24, 2.45) is 0 Å². The molecule has 1 aromatic rings. The van der Waals surface area contributed by atoms with Gasteiger partial charge in [0.25, 0.3) is 0 Å². The molecule has 0 aliphatic heterocycles. The average molecular weight is 240 g/mol. The van der Waals surface area contributed by atoms with Gasteiger partial charge in [0.15, 0.2) is 6.20 Å². The zero-order valence-corrected chi connectivity index (χ0v) is 8.55. The largest absolute Gasteiger partial charge is 0.608 e. The zero-order chi connectivity index (χ0) is 11.0. The quantitative estimate of drug-likeness (QED) is 0.478. The third-order valence-electron chi connectivity index (χ3n) is 1.40. The normalized spacial score (nSPS) is 12.9.